The number of carbonyl (C=O) groups is 2. The molecule has 170 valence electrons. The lowest BCUT2D eigenvalue weighted by Crippen LogP contribution is -2.39. The minimum Gasteiger partial charge on any atom is -0.484 e. The molecule has 1 aliphatic heterocycles. The Morgan fingerprint density at radius 2 is 1.97 bits per heavy atom. The first kappa shape index (κ1) is 21.2. The third-order valence-electron chi connectivity index (χ3n) is 6.20. The Bertz CT molecular complexity index is 1180. The Hall–Kier alpha value is -3.61. The molecule has 1 atom stereocenters. The number of aryl methyl sites for hydroxylation is 1. The van der Waals surface area contributed by atoms with Crippen LogP contribution in [-0.2, 0) is 17.8 Å². The lowest BCUT2D eigenvalue weighted by Gasteiger charge is -2.37. The van der Waals surface area contributed by atoms with Crippen LogP contribution in [0.2, 0.25) is 0 Å². The molecule has 2 aliphatic rings. The maximum absolute atomic E-state index is 12.4. The van der Waals surface area contributed by atoms with Crippen molar-refractivity contribution in [1.29, 1.82) is 0 Å². The van der Waals surface area contributed by atoms with Gasteiger partial charge in [0.25, 0.3) is 5.91 Å². The van der Waals surface area contributed by atoms with Crippen molar-refractivity contribution in [2.24, 2.45) is 0 Å². The summed E-state index contributed by atoms with van der Waals surface area (Å²) in [4.78, 5) is 30.7. The monoisotopic (exact) mass is 445 g/mol. The average molecular weight is 446 g/mol. The van der Waals surface area contributed by atoms with E-state index in [-0.39, 0.29) is 36.2 Å². The fraction of sp³-hybridized carbons (Fsp3) is 0.346. The lowest BCUT2D eigenvalue weighted by atomic mass is 9.87. The number of benzene rings is 2. The molecule has 7 nitrogen and oxygen atoms in total. The van der Waals surface area contributed by atoms with E-state index >= 15 is 0 Å². The van der Waals surface area contributed by atoms with Gasteiger partial charge in [0, 0.05) is 19.5 Å². The number of oxazole rings is 1. The molecule has 5 rings (SSSR count). The van der Waals surface area contributed by atoms with E-state index in [2.05, 4.69) is 47.6 Å². The minimum atomic E-state index is -0.216. The standard InChI is InChI=1S/C26H27N3O4/c1-16-3-5-19(6-4-16)25-22-13-21(10-7-18(22)11-12-29(25)17(2)30)32-15-24-28-23(14-33-24)26(31)27-20-8-9-20/h3-7,10,13-14,20,25H,8-9,11-12,15H2,1-2H3,(H,27,31). The summed E-state index contributed by atoms with van der Waals surface area (Å²) in [5, 5.41) is 2.89. The molecule has 0 spiro atoms. The van der Waals surface area contributed by atoms with Crippen LogP contribution in [0.15, 0.2) is 53.1 Å². The zero-order chi connectivity index (χ0) is 22.9. The van der Waals surface area contributed by atoms with E-state index in [0.717, 1.165) is 30.4 Å². The van der Waals surface area contributed by atoms with Crippen molar-refractivity contribution in [1.82, 2.24) is 15.2 Å². The summed E-state index contributed by atoms with van der Waals surface area (Å²) in [6, 6.07) is 14.4. The topological polar surface area (TPSA) is 84.7 Å². The predicted octanol–water partition coefficient (Wildman–Crippen LogP) is 3.95. The fourth-order valence-corrected chi connectivity index (χ4v) is 4.24. The SMILES string of the molecule is CC(=O)N1CCc2ccc(OCc3nc(C(=O)NC4CC4)co3)cc2C1c1ccc(C)cc1. The normalized spacial score (nSPS) is 17.4. The van der Waals surface area contributed by atoms with Crippen LogP contribution in [-0.4, -0.2) is 34.3 Å². The number of hydrogen-bond donors (Lipinski definition) is 1. The second-order valence-corrected chi connectivity index (χ2v) is 8.80. The van der Waals surface area contributed by atoms with Crippen molar-refractivity contribution in [3.05, 3.63) is 82.6 Å². The maximum atomic E-state index is 12.4. The number of hydrogen-bond acceptors (Lipinski definition) is 5. The van der Waals surface area contributed by atoms with Gasteiger partial charge in [-0.25, -0.2) is 4.98 Å². The number of ether oxygens (including phenoxy) is 1. The highest BCUT2D eigenvalue weighted by Gasteiger charge is 2.31. The van der Waals surface area contributed by atoms with Gasteiger partial charge in [-0.15, -0.1) is 0 Å². The Kier molecular flexibility index (Phi) is 5.62. The van der Waals surface area contributed by atoms with Crippen LogP contribution in [0.4, 0.5) is 0 Å². The van der Waals surface area contributed by atoms with Gasteiger partial charge < -0.3 is 19.4 Å². The third-order valence-corrected chi connectivity index (χ3v) is 6.20. The molecule has 2 heterocycles. The van der Waals surface area contributed by atoms with Crippen molar-refractivity contribution in [3.63, 3.8) is 0 Å². The summed E-state index contributed by atoms with van der Waals surface area (Å²) >= 11 is 0. The van der Waals surface area contributed by atoms with E-state index in [1.807, 2.05) is 17.0 Å². The fourth-order valence-electron chi connectivity index (χ4n) is 4.24. The molecule has 33 heavy (non-hydrogen) atoms. The van der Waals surface area contributed by atoms with Crippen LogP contribution in [0.5, 0.6) is 5.75 Å². The molecule has 3 aromatic rings. The van der Waals surface area contributed by atoms with E-state index in [0.29, 0.717) is 18.2 Å². The summed E-state index contributed by atoms with van der Waals surface area (Å²) in [5.41, 5.74) is 4.79. The first-order valence-corrected chi connectivity index (χ1v) is 11.3. The van der Waals surface area contributed by atoms with Gasteiger partial charge >= 0.3 is 0 Å². The summed E-state index contributed by atoms with van der Waals surface area (Å²) in [7, 11) is 0. The van der Waals surface area contributed by atoms with E-state index in [9.17, 15) is 9.59 Å². The van der Waals surface area contributed by atoms with Gasteiger partial charge in [0.15, 0.2) is 12.3 Å². The zero-order valence-electron chi connectivity index (χ0n) is 18.8. The van der Waals surface area contributed by atoms with E-state index in [4.69, 9.17) is 9.15 Å². The Morgan fingerprint density at radius 3 is 2.70 bits per heavy atom. The lowest BCUT2D eigenvalue weighted by molar-refractivity contribution is -0.130. The molecular weight excluding hydrogens is 418 g/mol. The molecule has 7 heteroatoms. The van der Waals surface area contributed by atoms with Crippen LogP contribution in [0.1, 0.15) is 64.4 Å². The van der Waals surface area contributed by atoms with Crippen molar-refractivity contribution < 1.29 is 18.7 Å². The number of rotatable bonds is 6. The molecule has 2 amide bonds. The van der Waals surface area contributed by atoms with Crippen LogP contribution in [0, 0.1) is 6.92 Å². The molecule has 1 saturated carbocycles. The number of carbonyl (C=O) groups excluding carboxylic acids is 2. The average Bonchev–Trinajstić information content (AvgIpc) is 3.50. The van der Waals surface area contributed by atoms with Crippen molar-refractivity contribution in [2.75, 3.05) is 6.54 Å². The first-order chi connectivity index (χ1) is 16.0. The molecule has 1 aromatic heterocycles. The predicted molar refractivity (Wildman–Crippen MR) is 122 cm³/mol. The van der Waals surface area contributed by atoms with Crippen molar-refractivity contribution in [2.45, 2.75) is 51.8 Å². The van der Waals surface area contributed by atoms with Gasteiger partial charge in [0.1, 0.15) is 12.0 Å². The minimum absolute atomic E-state index is 0.0503. The smallest absolute Gasteiger partial charge is 0.273 e. The number of nitrogens with one attached hydrogen (secondary N) is 1. The molecule has 1 aliphatic carbocycles. The molecule has 1 fully saturated rings. The molecule has 2 aromatic carbocycles. The van der Waals surface area contributed by atoms with Crippen LogP contribution in [0.25, 0.3) is 0 Å². The van der Waals surface area contributed by atoms with Crippen molar-refractivity contribution >= 4 is 11.8 Å². The summed E-state index contributed by atoms with van der Waals surface area (Å²) in [5.74, 6) is 0.841. The van der Waals surface area contributed by atoms with Gasteiger partial charge in [-0.2, -0.15) is 0 Å². The number of aromatic nitrogens is 1. The van der Waals surface area contributed by atoms with E-state index in [1.165, 1.54) is 17.4 Å². The quantitative estimate of drug-likeness (QED) is 0.621. The van der Waals surface area contributed by atoms with Crippen LogP contribution >= 0.6 is 0 Å². The second-order valence-electron chi connectivity index (χ2n) is 8.80. The highest BCUT2D eigenvalue weighted by atomic mass is 16.5. The zero-order valence-corrected chi connectivity index (χ0v) is 18.8. The summed E-state index contributed by atoms with van der Waals surface area (Å²) in [6.07, 6.45) is 4.20. The maximum Gasteiger partial charge on any atom is 0.273 e. The van der Waals surface area contributed by atoms with Gasteiger partial charge in [0.2, 0.25) is 11.8 Å². The summed E-state index contributed by atoms with van der Waals surface area (Å²) < 4.78 is 11.4. The van der Waals surface area contributed by atoms with E-state index in [1.54, 1.807) is 6.92 Å². The highest BCUT2D eigenvalue weighted by molar-refractivity contribution is 5.92. The van der Waals surface area contributed by atoms with Gasteiger partial charge in [-0.05, 0) is 55.0 Å². The summed E-state index contributed by atoms with van der Waals surface area (Å²) in [6.45, 7) is 4.47. The van der Waals surface area contributed by atoms with Crippen LogP contribution < -0.4 is 10.1 Å². The Labute approximate surface area is 192 Å². The molecule has 0 radical (unpaired) electrons. The number of fused-ring (bicyclic) bond motifs is 1. The molecule has 0 bridgehead atoms. The van der Waals surface area contributed by atoms with Gasteiger partial charge in [-0.1, -0.05) is 35.9 Å². The number of amides is 2. The van der Waals surface area contributed by atoms with Gasteiger partial charge in [0.05, 0.1) is 6.04 Å². The molecular formula is C26H27N3O4. The molecule has 1 N–H and O–H groups in total. The Morgan fingerprint density at radius 1 is 1.18 bits per heavy atom. The molecule has 1 unspecified atom stereocenters. The van der Waals surface area contributed by atoms with E-state index < -0.39 is 0 Å². The largest absolute Gasteiger partial charge is 0.484 e. The van der Waals surface area contributed by atoms with Crippen molar-refractivity contribution in [3.8, 4) is 5.75 Å². The number of nitrogens with zero attached hydrogens (tertiary/aromatic N) is 2. The van der Waals surface area contributed by atoms with Crippen LogP contribution in [0.3, 0.4) is 0 Å². The second kappa shape index (κ2) is 8.73. The van der Waals surface area contributed by atoms with Gasteiger partial charge in [-0.3, -0.25) is 9.59 Å². The first-order valence-electron chi connectivity index (χ1n) is 11.3. The highest BCUT2D eigenvalue weighted by Crippen LogP contribution is 2.37. The third kappa shape index (κ3) is 4.62. The molecule has 0 saturated heterocycles. The Balaban J connectivity index is 1.35.